The summed E-state index contributed by atoms with van der Waals surface area (Å²) in [7, 11) is 2.18. The molecule has 0 radical (unpaired) electrons. The maximum Gasteiger partial charge on any atom is 0.140 e. The van der Waals surface area contributed by atoms with Crippen LogP contribution in [0, 0.1) is 0 Å². The largest absolute Gasteiger partial charge is 0.343 e. The number of fused-ring (bicyclic) bond motifs is 5. The Balaban J connectivity index is 1.86. The minimum atomic E-state index is 0.980. The third-order valence-corrected chi connectivity index (χ3v) is 5.10. The number of pyridine rings is 1. The molecule has 5 rings (SSSR count). The first-order chi connectivity index (χ1) is 11.8. The SMILES string of the molecule is Cn1c2ccccc2c2c(Nc3ccccc3)nc3c(c21)CCC3. The average molecular weight is 313 g/mol. The van der Waals surface area contributed by atoms with Crippen LogP contribution >= 0.6 is 0 Å². The molecule has 2 heterocycles. The quantitative estimate of drug-likeness (QED) is 0.567. The zero-order valence-corrected chi connectivity index (χ0v) is 13.7. The fourth-order valence-corrected chi connectivity index (χ4v) is 4.03. The van der Waals surface area contributed by atoms with Gasteiger partial charge in [0.2, 0.25) is 0 Å². The molecule has 1 aliphatic carbocycles. The van der Waals surface area contributed by atoms with Crippen molar-refractivity contribution in [1.82, 2.24) is 9.55 Å². The van der Waals surface area contributed by atoms with E-state index in [-0.39, 0.29) is 0 Å². The first-order valence-corrected chi connectivity index (χ1v) is 8.54. The summed E-state index contributed by atoms with van der Waals surface area (Å²) in [5, 5.41) is 6.08. The van der Waals surface area contributed by atoms with Gasteiger partial charge in [0.15, 0.2) is 0 Å². The molecule has 0 spiro atoms. The smallest absolute Gasteiger partial charge is 0.140 e. The Morgan fingerprint density at radius 1 is 0.958 bits per heavy atom. The Kier molecular flexibility index (Phi) is 2.89. The van der Waals surface area contributed by atoms with Gasteiger partial charge in [-0.05, 0) is 43.0 Å². The van der Waals surface area contributed by atoms with Crippen LogP contribution in [-0.4, -0.2) is 9.55 Å². The van der Waals surface area contributed by atoms with Crippen molar-refractivity contribution < 1.29 is 0 Å². The van der Waals surface area contributed by atoms with Gasteiger partial charge in [-0.15, -0.1) is 0 Å². The fourth-order valence-electron chi connectivity index (χ4n) is 4.03. The van der Waals surface area contributed by atoms with Crippen LogP contribution < -0.4 is 5.32 Å². The molecule has 0 fully saturated rings. The molecule has 2 aromatic carbocycles. The summed E-state index contributed by atoms with van der Waals surface area (Å²) in [5.41, 5.74) is 6.38. The second-order valence-electron chi connectivity index (χ2n) is 6.53. The molecule has 0 unspecified atom stereocenters. The summed E-state index contributed by atoms with van der Waals surface area (Å²) in [6.07, 6.45) is 3.42. The van der Waals surface area contributed by atoms with E-state index in [4.69, 9.17) is 4.98 Å². The van der Waals surface area contributed by atoms with Crippen molar-refractivity contribution in [3.63, 3.8) is 0 Å². The van der Waals surface area contributed by atoms with Crippen LogP contribution in [0.5, 0.6) is 0 Å². The van der Waals surface area contributed by atoms with Crippen LogP contribution in [0.3, 0.4) is 0 Å². The normalized spacial score (nSPS) is 13.5. The first-order valence-electron chi connectivity index (χ1n) is 8.54. The van der Waals surface area contributed by atoms with Crippen LogP contribution in [0.2, 0.25) is 0 Å². The van der Waals surface area contributed by atoms with Gasteiger partial charge in [0.05, 0.1) is 10.9 Å². The number of rotatable bonds is 2. The van der Waals surface area contributed by atoms with Gasteiger partial charge in [-0.25, -0.2) is 4.98 Å². The van der Waals surface area contributed by atoms with E-state index < -0.39 is 0 Å². The number of hydrogen-bond donors (Lipinski definition) is 1. The minimum absolute atomic E-state index is 0.980. The monoisotopic (exact) mass is 313 g/mol. The van der Waals surface area contributed by atoms with Gasteiger partial charge in [0.25, 0.3) is 0 Å². The number of benzene rings is 2. The summed E-state index contributed by atoms with van der Waals surface area (Å²) in [4.78, 5) is 5.02. The first kappa shape index (κ1) is 13.6. The molecule has 4 aromatic rings. The van der Waals surface area contributed by atoms with Gasteiger partial charge in [0.1, 0.15) is 5.82 Å². The van der Waals surface area contributed by atoms with Crippen LogP contribution in [0.25, 0.3) is 21.8 Å². The van der Waals surface area contributed by atoms with Gasteiger partial charge in [-0.3, -0.25) is 0 Å². The van der Waals surface area contributed by atoms with Crippen molar-refractivity contribution in [3.8, 4) is 0 Å². The van der Waals surface area contributed by atoms with Gasteiger partial charge < -0.3 is 9.88 Å². The number of hydrogen-bond acceptors (Lipinski definition) is 2. The zero-order valence-electron chi connectivity index (χ0n) is 13.7. The summed E-state index contributed by atoms with van der Waals surface area (Å²) in [6.45, 7) is 0. The Bertz CT molecular complexity index is 1060. The number of aryl methyl sites for hydroxylation is 3. The van der Waals surface area contributed by atoms with Crippen molar-refractivity contribution in [3.05, 3.63) is 65.9 Å². The molecule has 0 atom stereocenters. The highest BCUT2D eigenvalue weighted by Crippen LogP contribution is 2.39. The molecule has 24 heavy (non-hydrogen) atoms. The lowest BCUT2D eigenvalue weighted by Gasteiger charge is -2.11. The van der Waals surface area contributed by atoms with E-state index in [2.05, 4.69) is 65.5 Å². The second kappa shape index (κ2) is 5.10. The summed E-state index contributed by atoms with van der Waals surface area (Å²) >= 11 is 0. The van der Waals surface area contributed by atoms with Gasteiger partial charge in [-0.1, -0.05) is 36.4 Å². The predicted molar refractivity (Wildman–Crippen MR) is 100.0 cm³/mol. The molecule has 0 saturated carbocycles. The molecule has 0 amide bonds. The lowest BCUT2D eigenvalue weighted by molar-refractivity contribution is 0.898. The predicted octanol–water partition coefficient (Wildman–Crippen LogP) is 4.96. The minimum Gasteiger partial charge on any atom is -0.343 e. The van der Waals surface area contributed by atoms with E-state index in [1.807, 2.05) is 6.07 Å². The molecular formula is C21H19N3. The highest BCUT2D eigenvalue weighted by atomic mass is 15.0. The lowest BCUT2D eigenvalue weighted by atomic mass is 10.1. The highest BCUT2D eigenvalue weighted by molar-refractivity contribution is 6.14. The number of nitrogens with zero attached hydrogens (tertiary/aromatic N) is 2. The number of anilines is 2. The molecule has 0 bridgehead atoms. The van der Waals surface area contributed by atoms with Crippen molar-refractivity contribution in [2.45, 2.75) is 19.3 Å². The third kappa shape index (κ3) is 1.88. The molecule has 2 aromatic heterocycles. The van der Waals surface area contributed by atoms with Gasteiger partial charge in [0, 0.05) is 29.3 Å². The maximum absolute atomic E-state index is 5.02. The van der Waals surface area contributed by atoms with E-state index in [0.29, 0.717) is 0 Å². The molecule has 3 heteroatoms. The van der Waals surface area contributed by atoms with E-state index in [0.717, 1.165) is 24.3 Å². The van der Waals surface area contributed by atoms with Crippen molar-refractivity contribution >= 4 is 33.3 Å². The molecule has 0 aliphatic heterocycles. The Morgan fingerprint density at radius 3 is 2.62 bits per heavy atom. The van der Waals surface area contributed by atoms with Crippen LogP contribution in [0.4, 0.5) is 11.5 Å². The van der Waals surface area contributed by atoms with E-state index >= 15 is 0 Å². The molecule has 118 valence electrons. The molecular weight excluding hydrogens is 294 g/mol. The van der Waals surface area contributed by atoms with Crippen LogP contribution in [0.15, 0.2) is 54.6 Å². The van der Waals surface area contributed by atoms with Crippen molar-refractivity contribution in [2.24, 2.45) is 7.05 Å². The van der Waals surface area contributed by atoms with Crippen molar-refractivity contribution in [1.29, 1.82) is 0 Å². The summed E-state index contributed by atoms with van der Waals surface area (Å²) in [5.74, 6) is 0.980. The Hall–Kier alpha value is -2.81. The molecule has 0 saturated heterocycles. The Labute approximate surface area is 140 Å². The standard InChI is InChI=1S/C21H19N3/c1-24-18-13-6-5-10-16(18)19-20(24)15-11-7-12-17(15)23-21(19)22-14-8-3-2-4-9-14/h2-6,8-10,13H,7,11-12H2,1H3,(H,22,23). The molecule has 3 nitrogen and oxygen atoms in total. The van der Waals surface area contributed by atoms with Crippen LogP contribution in [0.1, 0.15) is 17.7 Å². The van der Waals surface area contributed by atoms with Gasteiger partial charge >= 0.3 is 0 Å². The van der Waals surface area contributed by atoms with Crippen LogP contribution in [-0.2, 0) is 19.9 Å². The third-order valence-electron chi connectivity index (χ3n) is 5.10. The van der Waals surface area contributed by atoms with E-state index in [9.17, 15) is 0 Å². The average Bonchev–Trinajstić information content (AvgIpc) is 3.19. The fraction of sp³-hybridized carbons (Fsp3) is 0.190. The molecule has 1 N–H and O–H groups in total. The second-order valence-corrected chi connectivity index (χ2v) is 6.53. The maximum atomic E-state index is 5.02. The number of nitrogens with one attached hydrogen (secondary N) is 1. The molecule has 1 aliphatic rings. The summed E-state index contributed by atoms with van der Waals surface area (Å²) in [6, 6.07) is 18.9. The Morgan fingerprint density at radius 2 is 1.75 bits per heavy atom. The summed E-state index contributed by atoms with van der Waals surface area (Å²) < 4.78 is 2.34. The van der Waals surface area contributed by atoms with Gasteiger partial charge in [-0.2, -0.15) is 0 Å². The van der Waals surface area contributed by atoms with Crippen molar-refractivity contribution in [2.75, 3.05) is 5.32 Å². The van der Waals surface area contributed by atoms with E-state index in [1.165, 1.54) is 39.5 Å². The highest BCUT2D eigenvalue weighted by Gasteiger charge is 2.23. The lowest BCUT2D eigenvalue weighted by Crippen LogP contribution is -2.00. The number of para-hydroxylation sites is 2. The number of aromatic nitrogens is 2. The van der Waals surface area contributed by atoms with E-state index in [1.54, 1.807) is 0 Å². The topological polar surface area (TPSA) is 29.9 Å². The zero-order chi connectivity index (χ0) is 16.1.